The molecule has 0 aliphatic heterocycles. The molecule has 0 radical (unpaired) electrons. The second-order valence-electron chi connectivity index (χ2n) is 0.881. The first-order valence-electron chi connectivity index (χ1n) is 1.78. The highest BCUT2D eigenvalue weighted by Crippen LogP contribution is 1.74. The van der Waals surface area contributed by atoms with Gasteiger partial charge in [0.25, 0.3) is 0 Å². The van der Waals surface area contributed by atoms with Gasteiger partial charge in [-0.05, 0) is 25.5 Å². The van der Waals surface area contributed by atoms with Crippen LogP contribution in [0.25, 0.3) is 0 Å². The Bertz CT molecular complexity index is 83.0. The van der Waals surface area contributed by atoms with E-state index in [1.165, 1.54) is 5.32 Å². The van der Waals surface area contributed by atoms with E-state index < -0.39 is 0 Å². The van der Waals surface area contributed by atoms with Crippen LogP contribution in [-0.2, 0) is 0 Å². The molecule has 0 saturated carbocycles. The third kappa shape index (κ3) is 3.87. The van der Waals surface area contributed by atoms with Crippen molar-refractivity contribution in [1.82, 2.24) is 3.53 Å². The molecule has 0 heterocycles. The van der Waals surface area contributed by atoms with Crippen molar-refractivity contribution in [1.29, 1.82) is 0 Å². The van der Waals surface area contributed by atoms with E-state index in [-0.39, 0.29) is 27.0 Å². The number of nitrogens with two attached hydrogens (primary N) is 1. The number of halogens is 1. The van der Waals surface area contributed by atoms with Crippen LogP contribution in [-0.4, -0.2) is 17.6 Å². The number of quaternary nitrogens is 1. The van der Waals surface area contributed by atoms with Crippen LogP contribution in [0.2, 0.25) is 0 Å². The van der Waals surface area contributed by atoms with E-state index in [4.69, 9.17) is 0 Å². The first-order chi connectivity index (χ1) is 3.31. The first kappa shape index (κ1) is 7.03. The molecule has 0 fully saturated rings. The fourth-order valence-electron chi connectivity index (χ4n) is 0.120. The maximum Gasteiger partial charge on any atom is 0.421 e. The average Bonchev–Trinajstić information content (AvgIpc) is 1.68. The largest absolute Gasteiger partial charge is 0.421 e. The van der Waals surface area contributed by atoms with Crippen molar-refractivity contribution in [2.45, 2.75) is 0 Å². The van der Waals surface area contributed by atoms with E-state index in [9.17, 15) is 4.79 Å². The zero-order valence-electron chi connectivity index (χ0n) is 4.07. The lowest BCUT2D eigenvalue weighted by atomic mass is 11.1. The quantitative estimate of drug-likeness (QED) is 0.436. The van der Waals surface area contributed by atoms with Crippen LogP contribution in [0.15, 0.2) is 0 Å². The van der Waals surface area contributed by atoms with Crippen LogP contribution in [0.3, 0.4) is 0 Å². The number of hydrogen-bond acceptors (Lipinski definition) is 1. The van der Waals surface area contributed by atoms with Crippen LogP contribution in [0.1, 0.15) is 0 Å². The molecule has 0 bridgehead atoms. The molecule has 0 rings (SSSR count). The molecule has 0 aromatic carbocycles. The van der Waals surface area contributed by atoms with Crippen LogP contribution >= 0.6 is 21.0 Å². The van der Waals surface area contributed by atoms with Crippen molar-refractivity contribution < 1.29 is 10.1 Å². The summed E-state index contributed by atoms with van der Waals surface area (Å²) in [5.74, 6) is 0. The smallest absolute Gasteiger partial charge is 0.265 e. The summed E-state index contributed by atoms with van der Waals surface area (Å²) in [4.78, 5) is 10.2. The van der Waals surface area contributed by atoms with Gasteiger partial charge < -0.3 is 0 Å². The standard InChI is InChI=1S/C3H7IN2O/c1-4-6-3(7)5-2/h1H2,2H3,(H2,5,6,7)/p+1. The number of nitrogens with one attached hydrogen (secondary N) is 1. The molecule has 3 nitrogen and oxygen atoms in total. The van der Waals surface area contributed by atoms with Crippen molar-refractivity contribution in [3.05, 3.63) is 0 Å². The summed E-state index contributed by atoms with van der Waals surface area (Å²) in [6.07, 6.45) is 0. The van der Waals surface area contributed by atoms with Gasteiger partial charge in [0, 0.05) is 0 Å². The number of carbonyl (C=O) groups excluding carboxylic acids is 1. The van der Waals surface area contributed by atoms with E-state index in [0.29, 0.717) is 0 Å². The summed E-state index contributed by atoms with van der Waals surface area (Å²) in [6, 6.07) is -0.0113. The minimum absolute atomic E-state index is 0.0113. The van der Waals surface area contributed by atoms with Crippen LogP contribution in [0.5, 0.6) is 0 Å². The molecule has 0 aromatic heterocycles. The SMILES string of the molecule is C=INC(=O)[NH2+]C. The van der Waals surface area contributed by atoms with E-state index >= 15 is 0 Å². The lowest BCUT2D eigenvalue weighted by molar-refractivity contribution is -0.522. The zero-order valence-corrected chi connectivity index (χ0v) is 6.23. The Morgan fingerprint density at radius 3 is 2.71 bits per heavy atom. The molecule has 42 valence electrons. The number of carbonyl (C=O) groups is 1. The molecular weight excluding hydrogens is 207 g/mol. The highest BCUT2D eigenvalue weighted by Gasteiger charge is 1.91. The Labute approximate surface area is 52.6 Å². The van der Waals surface area contributed by atoms with Crippen molar-refractivity contribution in [2.75, 3.05) is 7.05 Å². The Morgan fingerprint density at radius 2 is 2.57 bits per heavy atom. The van der Waals surface area contributed by atoms with Crippen molar-refractivity contribution in [2.24, 2.45) is 0 Å². The summed E-state index contributed by atoms with van der Waals surface area (Å²) in [7, 11) is 1.70. The molecule has 0 atom stereocenters. The summed E-state index contributed by atoms with van der Waals surface area (Å²) in [6.45, 7) is 0. The van der Waals surface area contributed by atoms with Gasteiger partial charge in [-0.3, -0.25) is 8.85 Å². The average molecular weight is 215 g/mol. The van der Waals surface area contributed by atoms with Gasteiger partial charge in [0.1, 0.15) is 0 Å². The molecule has 7 heavy (non-hydrogen) atoms. The van der Waals surface area contributed by atoms with Gasteiger partial charge >= 0.3 is 6.03 Å². The van der Waals surface area contributed by atoms with Crippen LogP contribution in [0.4, 0.5) is 4.79 Å². The van der Waals surface area contributed by atoms with Crippen molar-refractivity contribution >= 4 is 31.6 Å². The highest BCUT2D eigenvalue weighted by molar-refractivity contribution is 14.2. The van der Waals surface area contributed by atoms with E-state index in [2.05, 4.69) is 8.04 Å². The molecule has 4 heteroatoms. The second kappa shape index (κ2) is 4.20. The first-order valence-corrected chi connectivity index (χ1v) is 4.38. The summed E-state index contributed by atoms with van der Waals surface area (Å²) in [5, 5.41) is 1.49. The predicted molar refractivity (Wildman–Crippen MR) is 37.5 cm³/mol. The zero-order chi connectivity index (χ0) is 5.70. The highest BCUT2D eigenvalue weighted by atomic mass is 127. The molecule has 0 spiro atoms. The van der Waals surface area contributed by atoms with Gasteiger partial charge in [-0.2, -0.15) is 0 Å². The normalized spacial score (nSPS) is 8.14. The molecule has 3 N–H and O–H groups in total. The number of urea groups is 1. The van der Waals surface area contributed by atoms with Gasteiger partial charge in [0.05, 0.1) is 7.05 Å². The summed E-state index contributed by atoms with van der Waals surface area (Å²) < 4.78 is 6.13. The van der Waals surface area contributed by atoms with E-state index in [0.717, 1.165) is 0 Å². The minimum Gasteiger partial charge on any atom is -0.265 e. The van der Waals surface area contributed by atoms with Crippen molar-refractivity contribution in [3.8, 4) is 0 Å². The topological polar surface area (TPSA) is 45.7 Å². The number of rotatable bonds is 1. The van der Waals surface area contributed by atoms with E-state index in [1.807, 2.05) is 0 Å². The molecule has 2 amide bonds. The van der Waals surface area contributed by atoms with Gasteiger partial charge in [-0.1, -0.05) is 0 Å². The molecule has 0 unspecified atom stereocenters. The van der Waals surface area contributed by atoms with Crippen LogP contribution in [0, 0.1) is 0 Å². The third-order valence-electron chi connectivity index (χ3n) is 0.422. The lowest BCUT2D eigenvalue weighted by Gasteiger charge is -1.85. The molecule has 0 aromatic rings. The predicted octanol–water partition coefficient (Wildman–Crippen LogP) is -0.793. The number of hydrogen-bond donors (Lipinski definition) is 2. The summed E-state index contributed by atoms with van der Waals surface area (Å²) >= 11 is -0.320. The minimum atomic E-state index is -0.320. The Kier molecular flexibility index (Phi) is 4.21. The monoisotopic (exact) mass is 215 g/mol. The fraction of sp³-hybridized carbons (Fsp3) is 0.333. The molecule has 0 aliphatic rings. The van der Waals surface area contributed by atoms with Crippen molar-refractivity contribution in [3.63, 3.8) is 0 Å². The Hall–Kier alpha value is 0.0300. The van der Waals surface area contributed by atoms with Gasteiger partial charge in [-0.15, -0.1) is 0 Å². The molecule has 0 saturated heterocycles. The van der Waals surface area contributed by atoms with Gasteiger partial charge in [-0.25, -0.2) is 4.79 Å². The number of primary amides is 1. The maximum absolute atomic E-state index is 10.2. The van der Waals surface area contributed by atoms with Crippen LogP contribution < -0.4 is 8.85 Å². The van der Waals surface area contributed by atoms with Gasteiger partial charge in [0.2, 0.25) is 0 Å². The Balaban J connectivity index is 3.17. The van der Waals surface area contributed by atoms with Gasteiger partial charge in [0.15, 0.2) is 0 Å². The molecular formula is C3H8IN2O+. The fourth-order valence-corrected chi connectivity index (χ4v) is 0.808. The Morgan fingerprint density at radius 1 is 2.00 bits per heavy atom. The second-order valence-corrected chi connectivity index (χ2v) is 2.18. The van der Waals surface area contributed by atoms with E-state index in [1.54, 1.807) is 7.05 Å². The third-order valence-corrected chi connectivity index (χ3v) is 1.34. The summed E-state index contributed by atoms with van der Waals surface area (Å²) in [5.41, 5.74) is 0. The molecule has 0 aliphatic carbocycles. The lowest BCUT2D eigenvalue weighted by Crippen LogP contribution is -2.86. The maximum atomic E-state index is 10.2. The number of amides is 2.